The van der Waals surface area contributed by atoms with Crippen LogP contribution in [-0.2, 0) is 4.79 Å². The molecule has 0 bridgehead atoms. The summed E-state index contributed by atoms with van der Waals surface area (Å²) < 4.78 is 0. The third kappa shape index (κ3) is 4.45. The van der Waals surface area contributed by atoms with E-state index in [9.17, 15) is 9.90 Å². The Hall–Kier alpha value is -0.610. The van der Waals surface area contributed by atoms with Gasteiger partial charge in [-0.2, -0.15) is 0 Å². The molecule has 0 aromatic rings. The Morgan fingerprint density at radius 2 is 1.70 bits per heavy atom. The number of amides is 1. The van der Waals surface area contributed by atoms with Gasteiger partial charge in [0.1, 0.15) is 0 Å². The summed E-state index contributed by atoms with van der Waals surface area (Å²) in [6, 6.07) is 0. The van der Waals surface area contributed by atoms with Gasteiger partial charge in [-0.15, -0.1) is 0 Å². The minimum absolute atomic E-state index is 0.215. The molecule has 1 N–H and O–H groups in total. The van der Waals surface area contributed by atoms with Crippen LogP contribution >= 0.6 is 0 Å². The minimum Gasteiger partial charge on any atom is -0.392 e. The van der Waals surface area contributed by atoms with E-state index in [-0.39, 0.29) is 12.0 Å². The van der Waals surface area contributed by atoms with Crippen molar-refractivity contribution in [3.05, 3.63) is 0 Å². The normalized spacial score (nSPS) is 24.4. The van der Waals surface area contributed by atoms with Crippen molar-refractivity contribution in [2.24, 2.45) is 5.92 Å². The predicted molar refractivity (Wildman–Crippen MR) is 80.5 cm³/mol. The topological polar surface area (TPSA) is 43.8 Å². The summed E-state index contributed by atoms with van der Waals surface area (Å²) >= 11 is 0. The summed E-state index contributed by atoms with van der Waals surface area (Å²) in [5, 5.41) is 9.70. The highest BCUT2D eigenvalue weighted by Gasteiger charge is 2.29. The second-order valence-corrected chi connectivity index (χ2v) is 6.38. The fraction of sp³-hybridized carbons (Fsp3) is 0.938. The average Bonchev–Trinajstić information content (AvgIpc) is 2.76. The molecule has 1 amide bonds. The number of hydrogen-bond donors (Lipinski definition) is 1. The highest BCUT2D eigenvalue weighted by atomic mass is 16.3. The van der Waals surface area contributed by atoms with Crippen LogP contribution in [0, 0.1) is 5.92 Å². The fourth-order valence-corrected chi connectivity index (χ4v) is 3.34. The highest BCUT2D eigenvalue weighted by Crippen LogP contribution is 2.22. The lowest BCUT2D eigenvalue weighted by Crippen LogP contribution is -2.44. The lowest BCUT2D eigenvalue weighted by Gasteiger charge is -2.34. The van der Waals surface area contributed by atoms with Crippen molar-refractivity contribution in [1.82, 2.24) is 9.80 Å². The van der Waals surface area contributed by atoms with Crippen molar-refractivity contribution in [3.8, 4) is 0 Å². The van der Waals surface area contributed by atoms with Gasteiger partial charge in [0.15, 0.2) is 0 Å². The van der Waals surface area contributed by atoms with E-state index in [1.165, 1.54) is 25.7 Å². The van der Waals surface area contributed by atoms with Gasteiger partial charge < -0.3 is 14.9 Å². The molecule has 0 saturated carbocycles. The van der Waals surface area contributed by atoms with Gasteiger partial charge in [0.05, 0.1) is 6.10 Å². The Bertz CT molecular complexity index is 293. The number of rotatable bonds is 4. The van der Waals surface area contributed by atoms with Crippen LogP contribution in [0.3, 0.4) is 0 Å². The van der Waals surface area contributed by atoms with E-state index in [2.05, 4.69) is 9.80 Å². The van der Waals surface area contributed by atoms with Crippen molar-refractivity contribution < 1.29 is 9.90 Å². The van der Waals surface area contributed by atoms with Gasteiger partial charge >= 0.3 is 0 Å². The predicted octanol–water partition coefficient (Wildman–Crippen LogP) is 1.87. The third-order valence-electron chi connectivity index (χ3n) is 4.79. The summed E-state index contributed by atoms with van der Waals surface area (Å²) in [5.41, 5.74) is 0. The van der Waals surface area contributed by atoms with Crippen LogP contribution in [0.1, 0.15) is 51.9 Å². The Balaban J connectivity index is 1.76. The number of hydrogen-bond acceptors (Lipinski definition) is 3. The number of aliphatic hydroxyl groups excluding tert-OH is 1. The molecule has 4 nitrogen and oxygen atoms in total. The molecule has 2 rings (SSSR count). The van der Waals surface area contributed by atoms with Gasteiger partial charge in [-0.25, -0.2) is 0 Å². The van der Waals surface area contributed by atoms with Gasteiger partial charge in [0.25, 0.3) is 0 Å². The number of piperidine rings is 1. The molecule has 20 heavy (non-hydrogen) atoms. The highest BCUT2D eigenvalue weighted by molar-refractivity contribution is 5.79. The maximum Gasteiger partial charge on any atom is 0.225 e. The van der Waals surface area contributed by atoms with Gasteiger partial charge in [-0.05, 0) is 45.2 Å². The minimum atomic E-state index is -0.215. The quantitative estimate of drug-likeness (QED) is 0.856. The van der Waals surface area contributed by atoms with E-state index >= 15 is 0 Å². The van der Waals surface area contributed by atoms with Crippen molar-refractivity contribution in [1.29, 1.82) is 0 Å². The first-order valence-electron chi connectivity index (χ1n) is 8.40. The molecular weight excluding hydrogens is 252 g/mol. The van der Waals surface area contributed by atoms with E-state index in [0.29, 0.717) is 5.91 Å². The SMILES string of the molecule is CC[C@@H](O)CN1CCC(C(=O)N2CCCCCC2)CC1. The molecule has 2 aliphatic rings. The monoisotopic (exact) mass is 282 g/mol. The Labute approximate surface area is 123 Å². The summed E-state index contributed by atoms with van der Waals surface area (Å²) in [6.07, 6.45) is 7.42. The molecule has 2 saturated heterocycles. The first kappa shape index (κ1) is 15.8. The number of β-amino-alcohol motifs (C(OH)–C–C–N with tert-alkyl or cyclic N) is 1. The number of aliphatic hydroxyl groups is 1. The zero-order chi connectivity index (χ0) is 14.4. The molecule has 4 heteroatoms. The maximum absolute atomic E-state index is 12.5. The van der Waals surface area contributed by atoms with Gasteiger partial charge in [0.2, 0.25) is 5.91 Å². The van der Waals surface area contributed by atoms with Crippen LogP contribution in [0.15, 0.2) is 0 Å². The molecule has 1 atom stereocenters. The molecule has 0 aliphatic carbocycles. The second-order valence-electron chi connectivity index (χ2n) is 6.38. The molecule has 116 valence electrons. The first-order chi connectivity index (χ1) is 9.70. The van der Waals surface area contributed by atoms with E-state index in [1.807, 2.05) is 6.92 Å². The van der Waals surface area contributed by atoms with Crippen LogP contribution in [0.25, 0.3) is 0 Å². The Kier molecular flexibility index (Phi) is 6.30. The molecule has 0 aromatic heterocycles. The van der Waals surface area contributed by atoms with Crippen molar-refractivity contribution >= 4 is 5.91 Å². The van der Waals surface area contributed by atoms with Crippen LogP contribution in [0.5, 0.6) is 0 Å². The molecule has 0 spiro atoms. The second kappa shape index (κ2) is 7.99. The van der Waals surface area contributed by atoms with E-state index < -0.39 is 0 Å². The molecule has 2 heterocycles. The van der Waals surface area contributed by atoms with Crippen LogP contribution in [0.2, 0.25) is 0 Å². The van der Waals surface area contributed by atoms with Crippen molar-refractivity contribution in [2.45, 2.75) is 58.0 Å². The Morgan fingerprint density at radius 3 is 2.25 bits per heavy atom. The average molecular weight is 282 g/mol. The number of carbonyl (C=O) groups is 1. The fourth-order valence-electron chi connectivity index (χ4n) is 3.34. The van der Waals surface area contributed by atoms with Gasteiger partial charge in [0, 0.05) is 25.6 Å². The number of nitrogens with zero attached hydrogens (tertiary/aromatic N) is 2. The zero-order valence-corrected chi connectivity index (χ0v) is 12.9. The largest absolute Gasteiger partial charge is 0.392 e. The maximum atomic E-state index is 12.5. The molecule has 2 fully saturated rings. The lowest BCUT2D eigenvalue weighted by molar-refractivity contribution is -0.137. The van der Waals surface area contributed by atoms with Gasteiger partial charge in [-0.3, -0.25) is 4.79 Å². The Morgan fingerprint density at radius 1 is 1.10 bits per heavy atom. The third-order valence-corrected chi connectivity index (χ3v) is 4.79. The van der Waals surface area contributed by atoms with Crippen LogP contribution in [0.4, 0.5) is 0 Å². The first-order valence-corrected chi connectivity index (χ1v) is 8.40. The van der Waals surface area contributed by atoms with Gasteiger partial charge in [-0.1, -0.05) is 19.8 Å². The van der Waals surface area contributed by atoms with E-state index in [4.69, 9.17) is 0 Å². The van der Waals surface area contributed by atoms with Crippen LogP contribution in [-0.4, -0.2) is 59.6 Å². The van der Waals surface area contributed by atoms with Crippen LogP contribution < -0.4 is 0 Å². The molecular formula is C16H30N2O2. The smallest absolute Gasteiger partial charge is 0.225 e. The lowest BCUT2D eigenvalue weighted by atomic mass is 9.95. The summed E-state index contributed by atoms with van der Waals surface area (Å²) in [7, 11) is 0. The summed E-state index contributed by atoms with van der Waals surface area (Å²) in [6.45, 7) is 6.63. The van der Waals surface area contributed by atoms with Crippen molar-refractivity contribution in [3.63, 3.8) is 0 Å². The zero-order valence-electron chi connectivity index (χ0n) is 12.9. The van der Waals surface area contributed by atoms with E-state index in [0.717, 1.165) is 52.0 Å². The molecule has 2 aliphatic heterocycles. The molecule has 0 unspecified atom stereocenters. The van der Waals surface area contributed by atoms with E-state index in [1.54, 1.807) is 0 Å². The summed E-state index contributed by atoms with van der Waals surface area (Å²) in [5.74, 6) is 0.616. The standard InChI is InChI=1S/C16H30N2O2/c1-2-15(19)13-17-11-7-14(8-12-17)16(20)18-9-5-3-4-6-10-18/h14-15,19H,2-13H2,1H3/t15-/m1/s1. The van der Waals surface area contributed by atoms with Crippen molar-refractivity contribution in [2.75, 3.05) is 32.7 Å². The summed E-state index contributed by atoms with van der Waals surface area (Å²) in [4.78, 5) is 17.0. The number of likely N-dealkylation sites (tertiary alicyclic amines) is 2. The number of carbonyl (C=O) groups excluding carboxylic acids is 1. The molecule has 0 aromatic carbocycles. The molecule has 0 radical (unpaired) electrons.